The molecule has 2 aromatic heterocycles. The minimum atomic E-state index is 0.555. The van der Waals surface area contributed by atoms with Gasteiger partial charge in [0.1, 0.15) is 5.75 Å². The molecule has 108 valence electrons. The summed E-state index contributed by atoms with van der Waals surface area (Å²) < 4.78 is 6.29. The zero-order valence-corrected chi connectivity index (χ0v) is 13.4. The van der Waals surface area contributed by atoms with E-state index in [0.29, 0.717) is 11.3 Å². The standard InChI is InChI=1S/C17H12BrN3O/c1-22-17-4-5-20-9-12(17)6-11(8-19)15-10-21-16-7-13(18)2-3-14(15)16/h2-7,9-10,21H,1H3. The molecule has 1 N–H and O–H groups in total. The molecule has 22 heavy (non-hydrogen) atoms. The number of nitrogens with one attached hydrogen (secondary N) is 1. The Morgan fingerprint density at radius 1 is 1.41 bits per heavy atom. The number of halogens is 1. The maximum absolute atomic E-state index is 9.53. The fourth-order valence-corrected chi connectivity index (χ4v) is 2.70. The van der Waals surface area contributed by atoms with Crippen molar-refractivity contribution in [3.63, 3.8) is 0 Å². The molecule has 3 rings (SSSR count). The predicted octanol–water partition coefficient (Wildman–Crippen LogP) is 4.40. The molecule has 0 spiro atoms. The molecule has 3 aromatic rings. The summed E-state index contributed by atoms with van der Waals surface area (Å²) in [6, 6.07) is 9.95. The van der Waals surface area contributed by atoms with E-state index in [-0.39, 0.29) is 0 Å². The van der Waals surface area contributed by atoms with E-state index in [1.165, 1.54) is 0 Å². The van der Waals surface area contributed by atoms with Gasteiger partial charge in [0.15, 0.2) is 0 Å². The average Bonchev–Trinajstić information content (AvgIpc) is 2.95. The lowest BCUT2D eigenvalue weighted by molar-refractivity contribution is 0.413. The highest BCUT2D eigenvalue weighted by Gasteiger charge is 2.10. The summed E-state index contributed by atoms with van der Waals surface area (Å²) in [5.41, 5.74) is 3.16. The number of aromatic nitrogens is 2. The molecule has 0 aliphatic rings. The van der Waals surface area contributed by atoms with Crippen LogP contribution in [0.2, 0.25) is 0 Å². The molecule has 2 heterocycles. The smallest absolute Gasteiger partial charge is 0.129 e. The quantitative estimate of drug-likeness (QED) is 0.709. The average molecular weight is 354 g/mol. The third kappa shape index (κ3) is 2.61. The summed E-state index contributed by atoms with van der Waals surface area (Å²) in [4.78, 5) is 7.28. The van der Waals surface area contributed by atoms with E-state index in [0.717, 1.165) is 26.5 Å². The van der Waals surface area contributed by atoms with Crippen molar-refractivity contribution < 1.29 is 4.74 Å². The van der Waals surface area contributed by atoms with Crippen LogP contribution in [0.5, 0.6) is 5.75 Å². The lowest BCUT2D eigenvalue weighted by Gasteiger charge is -2.04. The van der Waals surface area contributed by atoms with E-state index in [1.807, 2.05) is 24.4 Å². The van der Waals surface area contributed by atoms with Crippen LogP contribution in [0.15, 0.2) is 47.3 Å². The van der Waals surface area contributed by atoms with Crippen molar-refractivity contribution in [2.45, 2.75) is 0 Å². The van der Waals surface area contributed by atoms with Gasteiger partial charge in [-0.1, -0.05) is 22.0 Å². The second-order valence-corrected chi connectivity index (χ2v) is 5.60. The fourth-order valence-electron chi connectivity index (χ4n) is 2.34. The molecule has 4 nitrogen and oxygen atoms in total. The van der Waals surface area contributed by atoms with Gasteiger partial charge in [0, 0.05) is 45.1 Å². The summed E-state index contributed by atoms with van der Waals surface area (Å²) in [6.07, 6.45) is 6.97. The topological polar surface area (TPSA) is 61.7 Å². The van der Waals surface area contributed by atoms with E-state index < -0.39 is 0 Å². The predicted molar refractivity (Wildman–Crippen MR) is 90.3 cm³/mol. The maximum Gasteiger partial charge on any atom is 0.129 e. The second kappa shape index (κ2) is 6.04. The second-order valence-electron chi connectivity index (χ2n) is 4.68. The zero-order valence-electron chi connectivity index (χ0n) is 11.8. The van der Waals surface area contributed by atoms with E-state index in [1.54, 1.807) is 31.6 Å². The number of hydrogen-bond acceptors (Lipinski definition) is 3. The molecular weight excluding hydrogens is 342 g/mol. The number of hydrogen-bond donors (Lipinski definition) is 1. The fraction of sp³-hybridized carbons (Fsp3) is 0.0588. The zero-order chi connectivity index (χ0) is 15.5. The maximum atomic E-state index is 9.53. The van der Waals surface area contributed by atoms with Crippen LogP contribution < -0.4 is 4.74 Å². The molecule has 0 bridgehead atoms. The highest BCUT2D eigenvalue weighted by Crippen LogP contribution is 2.29. The Balaban J connectivity index is 2.14. The van der Waals surface area contributed by atoms with E-state index in [2.05, 4.69) is 32.0 Å². The van der Waals surface area contributed by atoms with Crippen LogP contribution in [0.25, 0.3) is 22.6 Å². The molecule has 5 heteroatoms. The Morgan fingerprint density at radius 3 is 3.05 bits per heavy atom. The normalized spacial score (nSPS) is 11.4. The van der Waals surface area contributed by atoms with Gasteiger partial charge in [-0.05, 0) is 24.3 Å². The van der Waals surface area contributed by atoms with Gasteiger partial charge < -0.3 is 9.72 Å². The molecule has 0 saturated heterocycles. The van der Waals surface area contributed by atoms with Crippen molar-refractivity contribution in [2.24, 2.45) is 0 Å². The lowest BCUT2D eigenvalue weighted by atomic mass is 10.0. The molecular formula is C17H12BrN3O. The Labute approximate surface area is 136 Å². The summed E-state index contributed by atoms with van der Waals surface area (Å²) in [7, 11) is 1.60. The van der Waals surface area contributed by atoms with Crippen molar-refractivity contribution in [3.8, 4) is 11.8 Å². The van der Waals surface area contributed by atoms with Crippen LogP contribution in [-0.2, 0) is 0 Å². The number of rotatable bonds is 3. The number of allylic oxidation sites excluding steroid dienone is 1. The molecule has 0 aliphatic carbocycles. The SMILES string of the molecule is COc1ccncc1C=C(C#N)c1c[nH]c2cc(Br)ccc12. The third-order valence-electron chi connectivity index (χ3n) is 3.38. The van der Waals surface area contributed by atoms with E-state index in [4.69, 9.17) is 4.74 Å². The first-order chi connectivity index (χ1) is 10.7. The number of aromatic amines is 1. The molecule has 0 unspecified atom stereocenters. The van der Waals surface area contributed by atoms with Crippen molar-refractivity contribution >= 4 is 38.5 Å². The first-order valence-corrected chi connectivity index (χ1v) is 7.39. The number of H-pyrrole nitrogens is 1. The van der Waals surface area contributed by atoms with E-state index in [9.17, 15) is 5.26 Å². The van der Waals surface area contributed by atoms with Crippen LogP contribution in [0.4, 0.5) is 0 Å². The molecule has 0 fully saturated rings. The molecule has 0 saturated carbocycles. The number of benzene rings is 1. The molecule has 0 aliphatic heterocycles. The molecule has 0 radical (unpaired) electrons. The Kier molecular flexibility index (Phi) is 3.94. The van der Waals surface area contributed by atoms with Crippen molar-refractivity contribution in [1.29, 1.82) is 5.26 Å². The molecule has 0 atom stereocenters. The number of nitrogens with zero attached hydrogens (tertiary/aromatic N) is 2. The summed E-state index contributed by atoms with van der Waals surface area (Å²) in [5, 5.41) is 10.5. The highest BCUT2D eigenvalue weighted by molar-refractivity contribution is 9.10. The van der Waals surface area contributed by atoms with Crippen molar-refractivity contribution in [1.82, 2.24) is 9.97 Å². The van der Waals surface area contributed by atoms with Crippen LogP contribution in [0.1, 0.15) is 11.1 Å². The Morgan fingerprint density at radius 2 is 2.27 bits per heavy atom. The van der Waals surface area contributed by atoms with Gasteiger partial charge in [0.2, 0.25) is 0 Å². The summed E-state index contributed by atoms with van der Waals surface area (Å²) in [6.45, 7) is 0. The largest absolute Gasteiger partial charge is 0.496 e. The minimum absolute atomic E-state index is 0.555. The Hall–Kier alpha value is -2.58. The van der Waals surface area contributed by atoms with Gasteiger partial charge in [-0.3, -0.25) is 4.98 Å². The van der Waals surface area contributed by atoms with Gasteiger partial charge in [0.05, 0.1) is 18.8 Å². The number of nitriles is 1. The van der Waals surface area contributed by atoms with Crippen molar-refractivity contribution in [3.05, 3.63) is 58.5 Å². The van der Waals surface area contributed by atoms with Crippen LogP contribution in [-0.4, -0.2) is 17.1 Å². The van der Waals surface area contributed by atoms with Gasteiger partial charge in [0.25, 0.3) is 0 Å². The Bertz CT molecular complexity index is 906. The summed E-state index contributed by atoms with van der Waals surface area (Å²) >= 11 is 3.44. The van der Waals surface area contributed by atoms with Crippen LogP contribution in [0.3, 0.4) is 0 Å². The number of ether oxygens (including phenoxy) is 1. The summed E-state index contributed by atoms with van der Waals surface area (Å²) in [5.74, 6) is 0.685. The number of fused-ring (bicyclic) bond motifs is 1. The van der Waals surface area contributed by atoms with Crippen molar-refractivity contribution in [2.75, 3.05) is 7.11 Å². The van der Waals surface area contributed by atoms with Gasteiger partial charge in [-0.15, -0.1) is 0 Å². The van der Waals surface area contributed by atoms with Gasteiger partial charge in [-0.25, -0.2) is 0 Å². The number of pyridine rings is 1. The monoisotopic (exact) mass is 353 g/mol. The molecule has 0 amide bonds. The first-order valence-electron chi connectivity index (χ1n) is 6.59. The highest BCUT2D eigenvalue weighted by atomic mass is 79.9. The van der Waals surface area contributed by atoms with E-state index >= 15 is 0 Å². The first kappa shape index (κ1) is 14.4. The lowest BCUT2D eigenvalue weighted by Crippen LogP contribution is -1.88. The van der Waals surface area contributed by atoms with Crippen LogP contribution in [0, 0.1) is 11.3 Å². The van der Waals surface area contributed by atoms with Gasteiger partial charge >= 0.3 is 0 Å². The number of methoxy groups -OCH3 is 1. The molecule has 1 aromatic carbocycles. The van der Waals surface area contributed by atoms with Crippen LogP contribution >= 0.6 is 15.9 Å². The van der Waals surface area contributed by atoms with Gasteiger partial charge in [-0.2, -0.15) is 5.26 Å². The minimum Gasteiger partial charge on any atom is -0.496 e. The third-order valence-corrected chi connectivity index (χ3v) is 3.88.